The van der Waals surface area contributed by atoms with Gasteiger partial charge < -0.3 is 0 Å². The van der Waals surface area contributed by atoms with Gasteiger partial charge in [-0.3, -0.25) is 14.6 Å². The zero-order chi connectivity index (χ0) is 15.5. The van der Waals surface area contributed by atoms with Crippen molar-refractivity contribution in [3.63, 3.8) is 0 Å². The van der Waals surface area contributed by atoms with E-state index in [0.29, 0.717) is 17.4 Å². The molecule has 1 saturated carbocycles. The third-order valence-electron chi connectivity index (χ3n) is 7.81. The Kier molecular flexibility index (Phi) is 2.31. The average Bonchev–Trinajstić information content (AvgIpc) is 2.43. The lowest BCUT2D eigenvalue weighted by Crippen LogP contribution is -2.79. The average molecular weight is 300 g/mol. The van der Waals surface area contributed by atoms with Gasteiger partial charge in [0.05, 0.1) is 17.0 Å². The number of piperidine rings is 2. The van der Waals surface area contributed by atoms with E-state index < -0.39 is 0 Å². The Morgan fingerprint density at radius 2 is 1.55 bits per heavy atom. The summed E-state index contributed by atoms with van der Waals surface area (Å²) in [6.45, 7) is 13.2. The lowest BCUT2D eigenvalue weighted by molar-refractivity contribution is -0.193. The van der Waals surface area contributed by atoms with Crippen LogP contribution in [0.5, 0.6) is 0 Å². The fraction of sp³-hybridized carbons (Fsp3) is 0.842. The normalized spacial score (nSPS) is 57.5. The van der Waals surface area contributed by atoms with Crippen LogP contribution in [-0.2, 0) is 4.79 Å². The molecule has 0 N–H and O–H groups in total. The SMILES string of the molecule is CC12CN3CC(C)(CN(C1)C3C1=CC[C@H]3C[C@@H]1C3(C)C)C2=O. The summed E-state index contributed by atoms with van der Waals surface area (Å²) in [4.78, 5) is 18.1. The lowest BCUT2D eigenvalue weighted by atomic mass is 9.48. The Hall–Kier alpha value is -0.670. The number of carbonyl (C=O) groups excluding carboxylic acids is 1. The number of hydrogen-bond acceptors (Lipinski definition) is 3. The van der Waals surface area contributed by atoms with Crippen LogP contribution in [0.4, 0.5) is 0 Å². The molecule has 4 aliphatic heterocycles. The number of rotatable bonds is 1. The van der Waals surface area contributed by atoms with Crippen molar-refractivity contribution in [1.82, 2.24) is 9.80 Å². The Morgan fingerprint density at radius 1 is 1.00 bits per heavy atom. The van der Waals surface area contributed by atoms with Crippen molar-refractivity contribution in [1.29, 1.82) is 0 Å². The van der Waals surface area contributed by atoms with Gasteiger partial charge in [0, 0.05) is 26.2 Å². The number of nitrogens with zero attached hydrogens (tertiary/aromatic N) is 2. The number of Topliss-reactive ketones (excluding diaryl/α,β-unsaturated/α-hetero) is 1. The molecule has 0 aromatic heterocycles. The molecule has 3 heteroatoms. The second-order valence-corrected chi connectivity index (χ2v) is 9.88. The number of ketones is 1. The van der Waals surface area contributed by atoms with E-state index in [9.17, 15) is 4.79 Å². The Morgan fingerprint density at radius 3 is 2.00 bits per heavy atom. The van der Waals surface area contributed by atoms with Gasteiger partial charge in [-0.1, -0.05) is 33.8 Å². The zero-order valence-corrected chi connectivity index (χ0v) is 14.4. The van der Waals surface area contributed by atoms with Crippen molar-refractivity contribution in [2.75, 3.05) is 26.2 Å². The first-order valence-electron chi connectivity index (χ1n) is 8.98. The minimum absolute atomic E-state index is 0.130. The minimum atomic E-state index is -0.130. The van der Waals surface area contributed by atoms with Gasteiger partial charge in [-0.2, -0.15) is 0 Å². The molecule has 6 bridgehead atoms. The monoisotopic (exact) mass is 300 g/mol. The van der Waals surface area contributed by atoms with E-state index in [-0.39, 0.29) is 10.8 Å². The summed E-state index contributed by atoms with van der Waals surface area (Å²) in [7, 11) is 0. The number of fused-ring (bicyclic) bond motifs is 2. The van der Waals surface area contributed by atoms with Crippen LogP contribution < -0.4 is 0 Å². The second kappa shape index (κ2) is 3.70. The highest BCUT2D eigenvalue weighted by Crippen LogP contribution is 2.61. The van der Waals surface area contributed by atoms with Gasteiger partial charge in [-0.15, -0.1) is 0 Å². The Balaban J connectivity index is 1.52. The molecule has 0 aromatic rings. The molecular formula is C19H28N2O. The smallest absolute Gasteiger partial charge is 0.149 e. The van der Waals surface area contributed by atoms with E-state index in [4.69, 9.17) is 0 Å². The van der Waals surface area contributed by atoms with Gasteiger partial charge in [-0.25, -0.2) is 0 Å². The molecular weight excluding hydrogens is 272 g/mol. The predicted molar refractivity (Wildman–Crippen MR) is 86.2 cm³/mol. The molecule has 3 nitrogen and oxygen atoms in total. The van der Waals surface area contributed by atoms with Crippen LogP contribution >= 0.6 is 0 Å². The lowest BCUT2D eigenvalue weighted by Gasteiger charge is -2.67. The zero-order valence-electron chi connectivity index (χ0n) is 14.4. The largest absolute Gasteiger partial charge is 0.298 e. The van der Waals surface area contributed by atoms with Crippen molar-refractivity contribution in [2.45, 2.75) is 46.7 Å². The third kappa shape index (κ3) is 1.39. The molecule has 0 spiro atoms. The van der Waals surface area contributed by atoms with Gasteiger partial charge in [0.1, 0.15) is 5.78 Å². The summed E-state index contributed by atoms with van der Waals surface area (Å²) in [6.07, 6.45) is 5.71. The highest BCUT2D eigenvalue weighted by atomic mass is 16.1. The molecule has 3 aliphatic carbocycles. The maximum absolute atomic E-state index is 12.8. The molecule has 4 heterocycles. The summed E-state index contributed by atoms with van der Waals surface area (Å²) < 4.78 is 0. The Labute approximate surface area is 133 Å². The van der Waals surface area contributed by atoms with Crippen molar-refractivity contribution < 1.29 is 4.79 Å². The highest BCUT2D eigenvalue weighted by Gasteiger charge is 2.64. The van der Waals surface area contributed by atoms with Crippen molar-refractivity contribution in [3.8, 4) is 0 Å². The quantitative estimate of drug-likeness (QED) is 0.695. The summed E-state index contributed by atoms with van der Waals surface area (Å²) in [6, 6.07) is 0. The van der Waals surface area contributed by atoms with Crippen LogP contribution in [0, 0.1) is 28.1 Å². The summed E-state index contributed by atoms with van der Waals surface area (Å²) >= 11 is 0. The van der Waals surface area contributed by atoms with E-state index in [1.54, 1.807) is 5.57 Å². The fourth-order valence-corrected chi connectivity index (χ4v) is 6.71. The van der Waals surface area contributed by atoms with E-state index in [0.717, 1.165) is 38.0 Å². The van der Waals surface area contributed by atoms with Crippen LogP contribution in [0.2, 0.25) is 0 Å². The first-order valence-corrected chi connectivity index (χ1v) is 8.98. The fourth-order valence-electron chi connectivity index (χ4n) is 6.71. The van der Waals surface area contributed by atoms with E-state index in [1.807, 2.05) is 0 Å². The highest BCUT2D eigenvalue weighted by molar-refractivity contribution is 5.92. The molecule has 0 aromatic carbocycles. The molecule has 5 fully saturated rings. The molecule has 0 amide bonds. The minimum Gasteiger partial charge on any atom is -0.298 e. The number of carbonyl (C=O) groups is 1. The number of hydrogen-bond donors (Lipinski definition) is 0. The molecule has 0 unspecified atom stereocenters. The van der Waals surface area contributed by atoms with Crippen LogP contribution in [0.15, 0.2) is 11.6 Å². The first kappa shape index (κ1) is 13.7. The third-order valence-corrected chi connectivity index (χ3v) is 7.81. The van der Waals surface area contributed by atoms with Gasteiger partial charge in [0.25, 0.3) is 0 Å². The molecule has 7 rings (SSSR count). The topological polar surface area (TPSA) is 23.6 Å². The molecule has 0 radical (unpaired) electrons. The maximum Gasteiger partial charge on any atom is 0.149 e. The van der Waals surface area contributed by atoms with Crippen molar-refractivity contribution >= 4 is 5.78 Å². The van der Waals surface area contributed by atoms with E-state index in [2.05, 4.69) is 43.6 Å². The van der Waals surface area contributed by atoms with Gasteiger partial charge in [0.15, 0.2) is 0 Å². The van der Waals surface area contributed by atoms with Gasteiger partial charge in [-0.05, 0) is 35.7 Å². The Bertz CT molecular complexity index is 565. The standard InChI is InChI=1S/C19H28N2O/c1-17(2)12-5-6-13(14(17)7-12)15-20-8-18(3)9-21(15)11-19(4,10-20)16(18)22/h6,12,14-15H,5,7-11H2,1-4H3/t12-,14-,15?,18?,19?/m0/s1. The van der Waals surface area contributed by atoms with Crippen LogP contribution in [0.3, 0.4) is 0 Å². The summed E-state index contributed by atoms with van der Waals surface area (Å²) in [5, 5.41) is 0. The molecule has 120 valence electrons. The van der Waals surface area contributed by atoms with Crippen molar-refractivity contribution in [3.05, 3.63) is 11.6 Å². The predicted octanol–water partition coefficient (Wildman–Crippen LogP) is 2.53. The number of allylic oxidation sites excluding steroid dienone is 1. The van der Waals surface area contributed by atoms with Crippen molar-refractivity contribution in [2.24, 2.45) is 28.1 Å². The van der Waals surface area contributed by atoms with E-state index >= 15 is 0 Å². The van der Waals surface area contributed by atoms with Crippen LogP contribution in [0.25, 0.3) is 0 Å². The maximum atomic E-state index is 12.8. The summed E-state index contributed by atoms with van der Waals surface area (Å²) in [5.74, 6) is 2.19. The molecule has 7 aliphatic rings. The van der Waals surface area contributed by atoms with Gasteiger partial charge in [0.2, 0.25) is 0 Å². The van der Waals surface area contributed by atoms with Crippen LogP contribution in [0.1, 0.15) is 40.5 Å². The second-order valence-electron chi connectivity index (χ2n) is 9.88. The molecule has 22 heavy (non-hydrogen) atoms. The van der Waals surface area contributed by atoms with Gasteiger partial charge >= 0.3 is 0 Å². The summed E-state index contributed by atoms with van der Waals surface area (Å²) in [5.41, 5.74) is 1.92. The van der Waals surface area contributed by atoms with E-state index in [1.165, 1.54) is 12.8 Å². The molecule has 2 atom stereocenters. The van der Waals surface area contributed by atoms with Crippen LogP contribution in [-0.4, -0.2) is 47.9 Å². The first-order chi connectivity index (χ1) is 10.2. The molecule has 4 saturated heterocycles.